The molecule has 0 aliphatic heterocycles. The molecule has 180 valence electrons. The number of fused-ring (bicyclic) bond motifs is 1. The summed E-state index contributed by atoms with van der Waals surface area (Å²) >= 11 is 7.28. The summed E-state index contributed by atoms with van der Waals surface area (Å²) in [6.45, 7) is 8.31. The van der Waals surface area contributed by atoms with Gasteiger partial charge in [-0.25, -0.2) is 4.98 Å². The van der Waals surface area contributed by atoms with E-state index in [9.17, 15) is 4.79 Å². The average Bonchev–Trinajstić information content (AvgIpc) is 2.83. The van der Waals surface area contributed by atoms with Crippen LogP contribution in [0.25, 0.3) is 22.3 Å². The van der Waals surface area contributed by atoms with E-state index in [2.05, 4.69) is 37.0 Å². The highest BCUT2D eigenvalue weighted by Crippen LogP contribution is 2.44. The van der Waals surface area contributed by atoms with Crippen LogP contribution in [0.5, 0.6) is 11.5 Å². The lowest BCUT2D eigenvalue weighted by atomic mass is 10.1. The van der Waals surface area contributed by atoms with E-state index >= 15 is 0 Å². The molecule has 0 aliphatic rings. The third kappa shape index (κ3) is 5.49. The predicted octanol–water partition coefficient (Wildman–Crippen LogP) is 7.05. The second-order valence-corrected chi connectivity index (χ2v) is 10.3. The van der Waals surface area contributed by atoms with Gasteiger partial charge in [0, 0.05) is 15.6 Å². The minimum Gasteiger partial charge on any atom is -0.490 e. The van der Waals surface area contributed by atoms with Crippen LogP contribution in [0.3, 0.4) is 0 Å². The highest BCUT2D eigenvalue weighted by atomic mass is 79.9. The zero-order chi connectivity index (χ0) is 25.2. The molecular weight excluding hydrogens is 574 g/mol. The van der Waals surface area contributed by atoms with Gasteiger partial charge in [0.05, 0.1) is 28.2 Å². The van der Waals surface area contributed by atoms with Crippen molar-refractivity contribution in [3.8, 4) is 22.9 Å². The van der Waals surface area contributed by atoms with Gasteiger partial charge in [0.1, 0.15) is 5.60 Å². The molecule has 1 heterocycles. The van der Waals surface area contributed by atoms with Gasteiger partial charge >= 0.3 is 0 Å². The van der Waals surface area contributed by atoms with Gasteiger partial charge in [-0.2, -0.15) is 9.78 Å². The van der Waals surface area contributed by atoms with Crippen LogP contribution in [0.4, 0.5) is 0 Å². The summed E-state index contributed by atoms with van der Waals surface area (Å²) in [6, 6.07) is 18.6. The third-order valence-corrected chi connectivity index (χ3v) is 7.11. The summed E-state index contributed by atoms with van der Waals surface area (Å²) in [4.78, 5) is 18.2. The number of hydrogen-bond donors (Lipinski definition) is 0. The number of rotatable bonds is 6. The Morgan fingerprint density at radius 3 is 2.40 bits per heavy atom. The van der Waals surface area contributed by atoms with Crippen LogP contribution in [0.2, 0.25) is 0 Å². The normalized spacial score (nSPS) is 11.8. The van der Waals surface area contributed by atoms with Crippen molar-refractivity contribution in [2.45, 2.75) is 33.3 Å². The van der Waals surface area contributed by atoms with Crippen molar-refractivity contribution in [1.82, 2.24) is 9.66 Å². The van der Waals surface area contributed by atoms with E-state index in [-0.39, 0.29) is 5.56 Å². The second-order valence-electron chi connectivity index (χ2n) is 8.75. The van der Waals surface area contributed by atoms with Crippen LogP contribution in [0.15, 0.2) is 79.5 Å². The summed E-state index contributed by atoms with van der Waals surface area (Å²) < 4.78 is 14.8. The lowest BCUT2D eigenvalue weighted by molar-refractivity contribution is 0.122. The van der Waals surface area contributed by atoms with E-state index in [0.29, 0.717) is 44.9 Å². The van der Waals surface area contributed by atoms with Crippen molar-refractivity contribution < 1.29 is 9.47 Å². The number of aromatic nitrogens is 2. The molecule has 0 bridgehead atoms. The molecule has 6 nitrogen and oxygen atoms in total. The highest BCUT2D eigenvalue weighted by Gasteiger charge is 2.22. The molecule has 3 aromatic carbocycles. The number of hydrogen-bond acceptors (Lipinski definition) is 5. The topological polar surface area (TPSA) is 65.7 Å². The Morgan fingerprint density at radius 2 is 1.71 bits per heavy atom. The first-order valence-corrected chi connectivity index (χ1v) is 12.7. The minimum absolute atomic E-state index is 0.251. The smallest absolute Gasteiger partial charge is 0.282 e. The van der Waals surface area contributed by atoms with Gasteiger partial charge in [0.25, 0.3) is 5.56 Å². The van der Waals surface area contributed by atoms with Crippen molar-refractivity contribution in [3.63, 3.8) is 0 Å². The molecule has 1 aromatic heterocycles. The van der Waals surface area contributed by atoms with E-state index in [1.165, 1.54) is 4.68 Å². The standard InChI is InChI=1S/C27H25Br2N3O3/c1-5-34-21-15-18(22(28)23(29)24(21)35-27(2,3)4)16-30-32-25(17-11-7-6-8-12-17)31-20-14-10-9-13-19(20)26(32)33/h6-16H,5H2,1-4H3. The summed E-state index contributed by atoms with van der Waals surface area (Å²) in [6.07, 6.45) is 1.61. The maximum absolute atomic E-state index is 13.4. The fourth-order valence-corrected chi connectivity index (χ4v) is 4.39. The van der Waals surface area contributed by atoms with Gasteiger partial charge < -0.3 is 9.47 Å². The second kappa shape index (κ2) is 10.3. The fraction of sp³-hybridized carbons (Fsp3) is 0.222. The summed E-state index contributed by atoms with van der Waals surface area (Å²) in [5.41, 5.74) is 1.45. The summed E-state index contributed by atoms with van der Waals surface area (Å²) in [5.74, 6) is 1.63. The molecule has 0 saturated carbocycles. The Kier molecular flexibility index (Phi) is 7.42. The van der Waals surface area contributed by atoms with Gasteiger partial charge in [0.15, 0.2) is 17.3 Å². The van der Waals surface area contributed by atoms with E-state index in [0.717, 1.165) is 10.0 Å². The molecule has 0 amide bonds. The van der Waals surface area contributed by atoms with Crippen LogP contribution in [0, 0.1) is 0 Å². The largest absolute Gasteiger partial charge is 0.490 e. The number of para-hydroxylation sites is 1. The Hall–Kier alpha value is -2.97. The van der Waals surface area contributed by atoms with Gasteiger partial charge in [-0.3, -0.25) is 4.79 Å². The van der Waals surface area contributed by atoms with Crippen molar-refractivity contribution >= 4 is 49.0 Å². The van der Waals surface area contributed by atoms with Crippen molar-refractivity contribution in [3.05, 3.63) is 85.5 Å². The molecule has 35 heavy (non-hydrogen) atoms. The van der Waals surface area contributed by atoms with Gasteiger partial charge in [0.2, 0.25) is 0 Å². The number of nitrogens with zero attached hydrogens (tertiary/aromatic N) is 3. The zero-order valence-corrected chi connectivity index (χ0v) is 23.1. The Morgan fingerprint density at radius 1 is 1.03 bits per heavy atom. The van der Waals surface area contributed by atoms with Gasteiger partial charge in [-0.1, -0.05) is 42.5 Å². The van der Waals surface area contributed by atoms with Crippen LogP contribution in [-0.2, 0) is 0 Å². The van der Waals surface area contributed by atoms with E-state index in [1.54, 1.807) is 12.3 Å². The molecular formula is C27H25Br2N3O3. The quantitative estimate of drug-likeness (QED) is 0.223. The van der Waals surface area contributed by atoms with E-state index in [1.807, 2.05) is 82.3 Å². The summed E-state index contributed by atoms with van der Waals surface area (Å²) in [5, 5.41) is 5.07. The highest BCUT2D eigenvalue weighted by molar-refractivity contribution is 9.13. The maximum Gasteiger partial charge on any atom is 0.282 e. The van der Waals surface area contributed by atoms with Crippen molar-refractivity contribution in [1.29, 1.82) is 0 Å². The Labute approximate surface area is 220 Å². The van der Waals surface area contributed by atoms with Crippen LogP contribution < -0.4 is 15.0 Å². The molecule has 0 fully saturated rings. The minimum atomic E-state index is -0.419. The molecule has 0 unspecified atom stereocenters. The Bertz CT molecular complexity index is 1460. The lowest BCUT2D eigenvalue weighted by Crippen LogP contribution is -2.23. The van der Waals surface area contributed by atoms with Crippen LogP contribution >= 0.6 is 31.9 Å². The van der Waals surface area contributed by atoms with Crippen LogP contribution in [0.1, 0.15) is 33.3 Å². The maximum atomic E-state index is 13.4. The number of benzene rings is 3. The summed E-state index contributed by atoms with van der Waals surface area (Å²) in [7, 11) is 0. The molecule has 4 aromatic rings. The van der Waals surface area contributed by atoms with Gasteiger partial charge in [-0.15, -0.1) is 0 Å². The first kappa shape index (κ1) is 25.1. The first-order valence-electron chi connectivity index (χ1n) is 11.1. The zero-order valence-electron chi connectivity index (χ0n) is 19.9. The SMILES string of the molecule is CCOc1cc(C=Nn2c(-c3ccccc3)nc3ccccc3c2=O)c(Br)c(Br)c1OC(C)(C)C. The monoisotopic (exact) mass is 597 g/mol. The van der Waals surface area contributed by atoms with E-state index in [4.69, 9.17) is 14.5 Å². The number of halogens is 2. The third-order valence-electron chi connectivity index (χ3n) is 4.96. The fourth-order valence-electron chi connectivity index (χ4n) is 3.49. The van der Waals surface area contributed by atoms with Crippen LogP contribution in [-0.4, -0.2) is 28.1 Å². The molecule has 0 saturated heterocycles. The van der Waals surface area contributed by atoms with Crippen molar-refractivity contribution in [2.24, 2.45) is 5.10 Å². The number of ether oxygens (including phenoxy) is 2. The molecule has 4 rings (SSSR count). The average molecular weight is 599 g/mol. The van der Waals surface area contributed by atoms with Crippen molar-refractivity contribution in [2.75, 3.05) is 6.61 Å². The molecule has 0 aliphatic carbocycles. The molecule has 0 atom stereocenters. The molecule has 0 spiro atoms. The first-order chi connectivity index (χ1) is 16.7. The van der Waals surface area contributed by atoms with Gasteiger partial charge in [-0.05, 0) is 77.8 Å². The lowest BCUT2D eigenvalue weighted by Gasteiger charge is -2.25. The Balaban J connectivity index is 1.89. The molecule has 0 radical (unpaired) electrons. The molecule has 8 heteroatoms. The molecule has 0 N–H and O–H groups in total. The predicted molar refractivity (Wildman–Crippen MR) is 148 cm³/mol. The van der Waals surface area contributed by atoms with E-state index < -0.39 is 5.60 Å².